The molecule has 0 spiro atoms. The molecule has 0 aliphatic heterocycles. The predicted molar refractivity (Wildman–Crippen MR) is 70.0 cm³/mol. The Morgan fingerprint density at radius 1 is 1.35 bits per heavy atom. The first-order chi connectivity index (χ1) is 7.25. The molecule has 0 unspecified atom stereocenters. The molecule has 5 nitrogen and oxygen atoms in total. The highest BCUT2D eigenvalue weighted by Gasteiger charge is 2.38. The van der Waals surface area contributed by atoms with Gasteiger partial charge in [0.1, 0.15) is 9.84 Å². The molecule has 0 radical (unpaired) electrons. The molecular formula is C10H21ClN2O3S. The van der Waals surface area contributed by atoms with Gasteiger partial charge in [-0.15, -0.1) is 12.4 Å². The molecule has 0 saturated heterocycles. The topological polar surface area (TPSA) is 80.5 Å². The van der Waals surface area contributed by atoms with Gasteiger partial charge >= 0.3 is 0 Å². The lowest BCUT2D eigenvalue weighted by atomic mass is 9.97. The number of carbonyl (C=O) groups is 1. The zero-order chi connectivity index (χ0) is 12.4. The number of likely N-dealkylation sites (N-methyl/N-ethyl adjacent to an activating group) is 1. The molecule has 1 rings (SSSR count). The molecule has 0 atom stereocenters. The van der Waals surface area contributed by atoms with E-state index in [0.29, 0.717) is 12.8 Å². The molecule has 1 saturated carbocycles. The number of amides is 1. The van der Waals surface area contributed by atoms with Crippen molar-refractivity contribution >= 4 is 28.2 Å². The van der Waals surface area contributed by atoms with E-state index in [4.69, 9.17) is 5.73 Å². The number of sulfone groups is 1. The third-order valence-corrected chi connectivity index (χ3v) is 3.99. The Balaban J connectivity index is 0.00000256. The molecule has 1 amide bonds. The molecular weight excluding hydrogens is 264 g/mol. The molecule has 0 aromatic carbocycles. The summed E-state index contributed by atoms with van der Waals surface area (Å²) in [5, 5.41) is 0. The third kappa shape index (κ3) is 4.81. The minimum atomic E-state index is -3.03. The standard InChI is InChI=1S/C10H20N2O3S.ClH/c1-12(7-8-16(2,14)15)9(13)10(11)5-3-4-6-10;/h3-8,11H2,1-2H3;1H. The Labute approximate surface area is 109 Å². The summed E-state index contributed by atoms with van der Waals surface area (Å²) in [6.07, 6.45) is 4.52. The molecule has 1 fully saturated rings. The average molecular weight is 285 g/mol. The van der Waals surface area contributed by atoms with Crippen LogP contribution in [0.3, 0.4) is 0 Å². The quantitative estimate of drug-likeness (QED) is 0.799. The first-order valence-corrected chi connectivity index (χ1v) is 7.53. The molecule has 102 valence electrons. The molecule has 17 heavy (non-hydrogen) atoms. The lowest BCUT2D eigenvalue weighted by molar-refractivity contribution is -0.135. The summed E-state index contributed by atoms with van der Waals surface area (Å²) < 4.78 is 22.0. The van der Waals surface area contributed by atoms with Crippen molar-refractivity contribution in [1.29, 1.82) is 0 Å². The largest absolute Gasteiger partial charge is 0.343 e. The van der Waals surface area contributed by atoms with Crippen LogP contribution in [-0.4, -0.2) is 50.4 Å². The molecule has 1 aliphatic carbocycles. The molecule has 7 heteroatoms. The smallest absolute Gasteiger partial charge is 0.242 e. The van der Waals surface area contributed by atoms with E-state index in [1.165, 1.54) is 11.2 Å². The monoisotopic (exact) mass is 284 g/mol. The van der Waals surface area contributed by atoms with Crippen LogP contribution in [0.15, 0.2) is 0 Å². The Kier molecular flexibility index (Phi) is 5.90. The molecule has 0 bridgehead atoms. The number of nitrogens with two attached hydrogens (primary N) is 1. The maximum atomic E-state index is 12.0. The van der Waals surface area contributed by atoms with Crippen molar-refractivity contribution < 1.29 is 13.2 Å². The lowest BCUT2D eigenvalue weighted by Crippen LogP contribution is -2.53. The van der Waals surface area contributed by atoms with Crippen LogP contribution >= 0.6 is 12.4 Å². The minimum absolute atomic E-state index is 0. The van der Waals surface area contributed by atoms with Crippen molar-refractivity contribution in [1.82, 2.24) is 4.90 Å². The normalized spacial score (nSPS) is 18.5. The average Bonchev–Trinajstić information content (AvgIpc) is 2.60. The highest BCUT2D eigenvalue weighted by molar-refractivity contribution is 7.90. The van der Waals surface area contributed by atoms with Gasteiger partial charge in [-0.05, 0) is 12.8 Å². The van der Waals surface area contributed by atoms with E-state index in [1.807, 2.05) is 0 Å². The number of carbonyl (C=O) groups excluding carboxylic acids is 1. The second-order valence-corrected chi connectivity index (χ2v) is 6.98. The zero-order valence-corrected chi connectivity index (χ0v) is 11.9. The Morgan fingerprint density at radius 2 is 1.82 bits per heavy atom. The van der Waals surface area contributed by atoms with Gasteiger partial charge in [0.05, 0.1) is 11.3 Å². The van der Waals surface area contributed by atoms with Crippen molar-refractivity contribution in [2.75, 3.05) is 25.6 Å². The van der Waals surface area contributed by atoms with Crippen LogP contribution in [0, 0.1) is 0 Å². The van der Waals surface area contributed by atoms with Gasteiger partial charge in [0, 0.05) is 19.8 Å². The number of nitrogens with zero attached hydrogens (tertiary/aromatic N) is 1. The first kappa shape index (κ1) is 16.7. The van der Waals surface area contributed by atoms with E-state index < -0.39 is 15.4 Å². The number of rotatable bonds is 4. The van der Waals surface area contributed by atoms with Gasteiger partial charge in [0.15, 0.2) is 0 Å². The fourth-order valence-electron chi connectivity index (χ4n) is 2.00. The summed E-state index contributed by atoms with van der Waals surface area (Å²) >= 11 is 0. The minimum Gasteiger partial charge on any atom is -0.343 e. The number of hydrogen-bond donors (Lipinski definition) is 1. The van der Waals surface area contributed by atoms with Crippen LogP contribution < -0.4 is 5.73 Å². The predicted octanol–water partition coefficient (Wildman–Crippen LogP) is 0.183. The Hall–Kier alpha value is -0.330. The van der Waals surface area contributed by atoms with Crippen molar-refractivity contribution in [3.63, 3.8) is 0 Å². The van der Waals surface area contributed by atoms with E-state index >= 15 is 0 Å². The third-order valence-electron chi connectivity index (χ3n) is 3.07. The summed E-state index contributed by atoms with van der Waals surface area (Å²) in [6.45, 7) is 0.219. The van der Waals surface area contributed by atoms with Crippen LogP contribution in [-0.2, 0) is 14.6 Å². The number of halogens is 1. The van der Waals surface area contributed by atoms with E-state index in [0.717, 1.165) is 12.8 Å². The van der Waals surface area contributed by atoms with Gasteiger partial charge in [-0.3, -0.25) is 4.79 Å². The van der Waals surface area contributed by atoms with Crippen molar-refractivity contribution in [3.8, 4) is 0 Å². The van der Waals surface area contributed by atoms with Crippen LogP contribution in [0.4, 0.5) is 0 Å². The Morgan fingerprint density at radius 3 is 2.24 bits per heavy atom. The molecule has 0 aromatic rings. The molecule has 2 N–H and O–H groups in total. The fourth-order valence-corrected chi connectivity index (χ4v) is 2.61. The van der Waals surface area contributed by atoms with E-state index in [-0.39, 0.29) is 30.6 Å². The molecule has 1 aliphatic rings. The summed E-state index contributed by atoms with van der Waals surface area (Å²) in [5.74, 6) is -0.139. The van der Waals surface area contributed by atoms with Gasteiger partial charge in [-0.25, -0.2) is 8.42 Å². The maximum Gasteiger partial charge on any atom is 0.242 e. The van der Waals surface area contributed by atoms with Crippen LogP contribution in [0.1, 0.15) is 25.7 Å². The second-order valence-electron chi connectivity index (χ2n) is 4.72. The van der Waals surface area contributed by atoms with Crippen molar-refractivity contribution in [2.45, 2.75) is 31.2 Å². The maximum absolute atomic E-state index is 12.0. The number of hydrogen-bond acceptors (Lipinski definition) is 4. The summed E-state index contributed by atoms with van der Waals surface area (Å²) in [4.78, 5) is 13.4. The summed E-state index contributed by atoms with van der Waals surface area (Å²) in [5.41, 5.74) is 5.24. The van der Waals surface area contributed by atoms with Gasteiger partial charge in [-0.1, -0.05) is 12.8 Å². The van der Waals surface area contributed by atoms with Crippen LogP contribution in [0.25, 0.3) is 0 Å². The van der Waals surface area contributed by atoms with Gasteiger partial charge in [0.25, 0.3) is 0 Å². The molecule has 0 heterocycles. The van der Waals surface area contributed by atoms with E-state index in [9.17, 15) is 13.2 Å². The first-order valence-electron chi connectivity index (χ1n) is 5.47. The summed E-state index contributed by atoms with van der Waals surface area (Å²) in [6, 6.07) is 0. The molecule has 0 aromatic heterocycles. The SMILES string of the molecule is CN(CCS(C)(=O)=O)C(=O)C1(N)CCCC1.Cl. The van der Waals surface area contributed by atoms with Crippen LogP contribution in [0.2, 0.25) is 0 Å². The van der Waals surface area contributed by atoms with Gasteiger partial charge in [0.2, 0.25) is 5.91 Å². The van der Waals surface area contributed by atoms with Crippen molar-refractivity contribution in [3.05, 3.63) is 0 Å². The highest BCUT2D eigenvalue weighted by atomic mass is 35.5. The van der Waals surface area contributed by atoms with E-state index in [2.05, 4.69) is 0 Å². The van der Waals surface area contributed by atoms with Gasteiger partial charge < -0.3 is 10.6 Å². The van der Waals surface area contributed by atoms with Gasteiger partial charge in [-0.2, -0.15) is 0 Å². The van der Waals surface area contributed by atoms with Crippen molar-refractivity contribution in [2.24, 2.45) is 5.73 Å². The highest BCUT2D eigenvalue weighted by Crippen LogP contribution is 2.28. The van der Waals surface area contributed by atoms with Crippen LogP contribution in [0.5, 0.6) is 0 Å². The second kappa shape index (κ2) is 6.02. The lowest BCUT2D eigenvalue weighted by Gasteiger charge is -2.28. The Bertz CT molecular complexity index is 364. The zero-order valence-electron chi connectivity index (χ0n) is 10.3. The van der Waals surface area contributed by atoms with E-state index in [1.54, 1.807) is 7.05 Å². The summed E-state index contributed by atoms with van der Waals surface area (Å²) in [7, 11) is -1.42. The fraction of sp³-hybridized carbons (Fsp3) is 0.900.